The first kappa shape index (κ1) is 20.7. The first-order valence-electron chi connectivity index (χ1n) is 8.83. The monoisotopic (exact) mass is 413 g/mol. The van der Waals surface area contributed by atoms with Crippen LogP contribution in [0.1, 0.15) is 16.7 Å². The predicted molar refractivity (Wildman–Crippen MR) is 111 cm³/mol. The third-order valence-electron chi connectivity index (χ3n) is 4.40. The molecule has 150 valence electrons. The van der Waals surface area contributed by atoms with Crippen LogP contribution in [0.3, 0.4) is 0 Å². The van der Waals surface area contributed by atoms with Crippen LogP contribution >= 0.6 is 11.8 Å². The number of halogens is 1. The van der Waals surface area contributed by atoms with E-state index in [9.17, 15) is 14.0 Å². The van der Waals surface area contributed by atoms with Crippen molar-refractivity contribution in [1.29, 1.82) is 0 Å². The van der Waals surface area contributed by atoms with E-state index in [1.807, 2.05) is 6.07 Å². The number of allylic oxidation sites excluding steroid dienone is 1. The molecule has 3 rings (SSSR count). The molecule has 0 unspecified atom stereocenters. The van der Waals surface area contributed by atoms with Gasteiger partial charge in [-0.3, -0.25) is 14.5 Å². The van der Waals surface area contributed by atoms with Gasteiger partial charge in [-0.25, -0.2) is 4.39 Å². The second kappa shape index (κ2) is 8.96. The molecule has 1 saturated heterocycles. The Morgan fingerprint density at radius 2 is 1.90 bits per heavy atom. The van der Waals surface area contributed by atoms with Gasteiger partial charge in [0.25, 0.3) is 11.1 Å². The summed E-state index contributed by atoms with van der Waals surface area (Å²) in [6.45, 7) is 3.64. The summed E-state index contributed by atoms with van der Waals surface area (Å²) in [4.78, 5) is 26.4. The zero-order valence-electron chi connectivity index (χ0n) is 16.1. The standard InChI is InChI=1S/C22H20FNO4S/c1-4-7-15-10-14(11-18(27-2)20(15)28-3)12-19-21(25)24(22(26)29-19)13-16-8-5-6-9-17(16)23/h4-6,8-12H,1,7,13H2,2-3H3/b19-12+. The smallest absolute Gasteiger partial charge is 0.293 e. The lowest BCUT2D eigenvalue weighted by atomic mass is 10.0. The summed E-state index contributed by atoms with van der Waals surface area (Å²) in [7, 11) is 3.08. The first-order valence-corrected chi connectivity index (χ1v) is 9.64. The number of benzene rings is 2. The molecule has 2 aromatic carbocycles. The van der Waals surface area contributed by atoms with Crippen molar-refractivity contribution in [3.63, 3.8) is 0 Å². The van der Waals surface area contributed by atoms with E-state index in [1.165, 1.54) is 13.2 Å². The summed E-state index contributed by atoms with van der Waals surface area (Å²) < 4.78 is 24.7. The van der Waals surface area contributed by atoms with E-state index in [2.05, 4.69) is 6.58 Å². The Morgan fingerprint density at radius 3 is 2.55 bits per heavy atom. The van der Waals surface area contributed by atoms with Gasteiger partial charge in [0.15, 0.2) is 11.5 Å². The maximum absolute atomic E-state index is 13.9. The van der Waals surface area contributed by atoms with Crippen molar-refractivity contribution in [3.8, 4) is 11.5 Å². The number of hydrogen-bond donors (Lipinski definition) is 0. The molecule has 1 fully saturated rings. The Bertz CT molecular complexity index is 1000. The fourth-order valence-corrected chi connectivity index (χ4v) is 3.88. The molecule has 0 N–H and O–H groups in total. The Hall–Kier alpha value is -3.06. The van der Waals surface area contributed by atoms with Crippen LogP contribution in [-0.4, -0.2) is 30.3 Å². The molecule has 0 bridgehead atoms. The molecule has 2 aromatic rings. The van der Waals surface area contributed by atoms with Crippen LogP contribution in [0.2, 0.25) is 0 Å². The molecule has 0 aromatic heterocycles. The number of rotatable bonds is 7. The van der Waals surface area contributed by atoms with Gasteiger partial charge in [-0.1, -0.05) is 24.3 Å². The van der Waals surface area contributed by atoms with Gasteiger partial charge in [0.2, 0.25) is 0 Å². The molecule has 7 heteroatoms. The Kier molecular flexibility index (Phi) is 6.39. The summed E-state index contributed by atoms with van der Waals surface area (Å²) >= 11 is 0.828. The molecule has 1 heterocycles. The highest BCUT2D eigenvalue weighted by Crippen LogP contribution is 2.37. The van der Waals surface area contributed by atoms with Crippen molar-refractivity contribution in [2.75, 3.05) is 14.2 Å². The molecule has 1 aliphatic heterocycles. The van der Waals surface area contributed by atoms with Gasteiger partial charge in [-0.2, -0.15) is 0 Å². The van der Waals surface area contributed by atoms with Crippen molar-refractivity contribution in [2.45, 2.75) is 13.0 Å². The molecule has 0 atom stereocenters. The normalized spacial score (nSPS) is 15.1. The Morgan fingerprint density at radius 1 is 1.14 bits per heavy atom. The molecule has 0 spiro atoms. The SMILES string of the molecule is C=CCc1cc(/C=C2/SC(=O)N(Cc3ccccc3F)C2=O)cc(OC)c1OC. The number of amides is 2. The summed E-state index contributed by atoms with van der Waals surface area (Å²) in [5.41, 5.74) is 1.82. The minimum atomic E-state index is -0.455. The maximum Gasteiger partial charge on any atom is 0.293 e. The highest BCUT2D eigenvalue weighted by molar-refractivity contribution is 8.18. The minimum absolute atomic E-state index is 0.109. The van der Waals surface area contributed by atoms with Gasteiger partial charge in [0, 0.05) is 11.1 Å². The van der Waals surface area contributed by atoms with E-state index in [4.69, 9.17) is 9.47 Å². The fraction of sp³-hybridized carbons (Fsp3) is 0.182. The molecule has 1 aliphatic rings. The summed E-state index contributed by atoms with van der Waals surface area (Å²) in [6, 6.07) is 9.67. The van der Waals surface area contributed by atoms with E-state index < -0.39 is 17.0 Å². The third-order valence-corrected chi connectivity index (χ3v) is 5.31. The molecular weight excluding hydrogens is 393 g/mol. The lowest BCUT2D eigenvalue weighted by Crippen LogP contribution is -2.27. The summed E-state index contributed by atoms with van der Waals surface area (Å²) in [5, 5.41) is -0.434. The van der Waals surface area contributed by atoms with Gasteiger partial charge >= 0.3 is 0 Å². The number of thioether (sulfide) groups is 1. The zero-order chi connectivity index (χ0) is 21.0. The van der Waals surface area contributed by atoms with Crippen LogP contribution < -0.4 is 9.47 Å². The minimum Gasteiger partial charge on any atom is -0.493 e. The maximum atomic E-state index is 13.9. The van der Waals surface area contributed by atoms with Crippen LogP contribution in [0.25, 0.3) is 6.08 Å². The number of imide groups is 1. The molecule has 0 saturated carbocycles. The van der Waals surface area contributed by atoms with Crippen LogP contribution in [0.4, 0.5) is 9.18 Å². The van der Waals surface area contributed by atoms with Crippen molar-refractivity contribution in [2.24, 2.45) is 0 Å². The van der Waals surface area contributed by atoms with Crippen molar-refractivity contribution in [1.82, 2.24) is 4.90 Å². The van der Waals surface area contributed by atoms with E-state index in [1.54, 1.807) is 43.5 Å². The van der Waals surface area contributed by atoms with Crippen LogP contribution in [0, 0.1) is 5.82 Å². The predicted octanol–water partition coefficient (Wildman–Crippen LogP) is 4.81. The lowest BCUT2D eigenvalue weighted by molar-refractivity contribution is -0.123. The van der Waals surface area contributed by atoms with Crippen molar-refractivity contribution >= 4 is 29.0 Å². The third kappa shape index (κ3) is 4.35. The molecule has 29 heavy (non-hydrogen) atoms. The number of carbonyl (C=O) groups excluding carboxylic acids is 2. The van der Waals surface area contributed by atoms with Crippen LogP contribution in [-0.2, 0) is 17.8 Å². The average Bonchev–Trinajstić information content (AvgIpc) is 2.96. The van der Waals surface area contributed by atoms with E-state index in [0.717, 1.165) is 22.2 Å². The summed E-state index contributed by atoms with van der Waals surface area (Å²) in [6.07, 6.45) is 3.92. The van der Waals surface area contributed by atoms with E-state index >= 15 is 0 Å². The topological polar surface area (TPSA) is 55.8 Å². The largest absolute Gasteiger partial charge is 0.493 e. The van der Waals surface area contributed by atoms with Gasteiger partial charge in [0.1, 0.15) is 5.82 Å². The van der Waals surface area contributed by atoms with Gasteiger partial charge in [0.05, 0.1) is 25.7 Å². The lowest BCUT2D eigenvalue weighted by Gasteiger charge is -2.14. The number of ether oxygens (including phenoxy) is 2. The average molecular weight is 413 g/mol. The van der Waals surface area contributed by atoms with Gasteiger partial charge in [-0.05, 0) is 48.0 Å². The van der Waals surface area contributed by atoms with Crippen molar-refractivity contribution in [3.05, 3.63) is 76.5 Å². The summed E-state index contributed by atoms with van der Waals surface area (Å²) in [5.74, 6) is 0.202. The van der Waals surface area contributed by atoms with Crippen LogP contribution in [0.5, 0.6) is 11.5 Å². The Labute approximate surface area is 172 Å². The van der Waals surface area contributed by atoms with E-state index in [-0.39, 0.29) is 17.0 Å². The second-order valence-electron chi connectivity index (χ2n) is 6.27. The molecule has 5 nitrogen and oxygen atoms in total. The van der Waals surface area contributed by atoms with Crippen LogP contribution in [0.15, 0.2) is 54.0 Å². The molecular formula is C22H20FNO4S. The van der Waals surface area contributed by atoms with Crippen molar-refractivity contribution < 1.29 is 23.5 Å². The highest BCUT2D eigenvalue weighted by Gasteiger charge is 2.35. The second-order valence-corrected chi connectivity index (χ2v) is 7.26. The fourth-order valence-electron chi connectivity index (χ4n) is 3.04. The Balaban J connectivity index is 1.92. The molecule has 2 amide bonds. The number of carbonyl (C=O) groups is 2. The van der Waals surface area contributed by atoms with E-state index in [0.29, 0.717) is 23.5 Å². The van der Waals surface area contributed by atoms with Gasteiger partial charge in [-0.15, -0.1) is 6.58 Å². The number of hydrogen-bond acceptors (Lipinski definition) is 5. The quantitative estimate of drug-likeness (QED) is 0.482. The van der Waals surface area contributed by atoms with Gasteiger partial charge < -0.3 is 9.47 Å². The number of methoxy groups -OCH3 is 2. The zero-order valence-corrected chi connectivity index (χ0v) is 16.9. The first-order chi connectivity index (χ1) is 14.0. The molecule has 0 radical (unpaired) electrons. The number of nitrogens with zero attached hydrogens (tertiary/aromatic N) is 1. The highest BCUT2D eigenvalue weighted by atomic mass is 32.2. The molecule has 0 aliphatic carbocycles.